The molecule has 0 saturated carbocycles. The zero-order valence-corrected chi connectivity index (χ0v) is 11.9. The first-order valence-corrected chi connectivity index (χ1v) is 7.70. The van der Waals surface area contributed by atoms with Crippen LogP contribution in [0.5, 0.6) is 0 Å². The van der Waals surface area contributed by atoms with Gasteiger partial charge in [0.05, 0.1) is 0 Å². The van der Waals surface area contributed by atoms with Gasteiger partial charge in [0, 0.05) is 26.0 Å². The number of hydrogen-bond acceptors (Lipinski definition) is 7. The fourth-order valence-electron chi connectivity index (χ4n) is 1.41. The first kappa shape index (κ1) is 13.8. The Bertz CT molecular complexity index is 641. The van der Waals surface area contributed by atoms with Crippen LogP contribution in [0.15, 0.2) is 28.9 Å². The molecule has 0 bridgehead atoms. The standard InChI is InChI=1S/C10H13N5O2S2/c1-15(7-4-8-2-5-12-6-3-8)19(16,17)10-14-13-9(11)18-10/h2-3,5-6H,4,7H2,1H3,(H2,11,13). The molecule has 0 aliphatic carbocycles. The average Bonchev–Trinajstić information content (AvgIpc) is 2.84. The molecular formula is C10H13N5O2S2. The van der Waals surface area contributed by atoms with Gasteiger partial charge in [-0.05, 0) is 24.1 Å². The van der Waals surface area contributed by atoms with Gasteiger partial charge in [-0.2, -0.15) is 4.31 Å². The third-order valence-corrected chi connectivity index (χ3v) is 5.47. The lowest BCUT2D eigenvalue weighted by Crippen LogP contribution is -2.29. The minimum Gasteiger partial charge on any atom is -0.374 e. The fraction of sp³-hybridized carbons (Fsp3) is 0.300. The number of likely N-dealkylation sites (N-methyl/N-ethyl adjacent to an activating group) is 1. The Labute approximate surface area is 115 Å². The van der Waals surface area contributed by atoms with Crippen LogP contribution in [0.2, 0.25) is 0 Å². The molecule has 2 N–H and O–H groups in total. The van der Waals surface area contributed by atoms with Crippen LogP contribution in [-0.4, -0.2) is 41.5 Å². The highest BCUT2D eigenvalue weighted by atomic mass is 32.2. The summed E-state index contributed by atoms with van der Waals surface area (Å²) in [6.45, 7) is 0.353. The normalized spacial score (nSPS) is 11.9. The van der Waals surface area contributed by atoms with Crippen molar-refractivity contribution in [1.29, 1.82) is 0 Å². The molecule has 2 aromatic heterocycles. The van der Waals surface area contributed by atoms with E-state index in [9.17, 15) is 8.42 Å². The Morgan fingerprint density at radius 1 is 1.32 bits per heavy atom. The van der Waals surface area contributed by atoms with Gasteiger partial charge >= 0.3 is 0 Å². The van der Waals surface area contributed by atoms with E-state index in [4.69, 9.17) is 5.73 Å². The lowest BCUT2D eigenvalue weighted by molar-refractivity contribution is 0.471. The summed E-state index contributed by atoms with van der Waals surface area (Å²) in [4.78, 5) is 3.91. The molecule has 0 radical (unpaired) electrons. The predicted molar refractivity (Wildman–Crippen MR) is 72.1 cm³/mol. The van der Waals surface area contributed by atoms with E-state index in [1.54, 1.807) is 12.4 Å². The molecule has 2 heterocycles. The Balaban J connectivity index is 2.05. The molecule has 2 rings (SSSR count). The number of aromatic nitrogens is 3. The number of nitrogens with zero attached hydrogens (tertiary/aromatic N) is 4. The summed E-state index contributed by atoms with van der Waals surface area (Å²) in [5, 5.41) is 7.22. The van der Waals surface area contributed by atoms with Gasteiger partial charge in [-0.25, -0.2) is 8.42 Å². The lowest BCUT2D eigenvalue weighted by atomic mass is 10.2. The molecule has 0 spiro atoms. The van der Waals surface area contributed by atoms with Crippen molar-refractivity contribution in [3.05, 3.63) is 30.1 Å². The summed E-state index contributed by atoms with van der Waals surface area (Å²) < 4.78 is 25.4. The molecule has 102 valence electrons. The fourth-order valence-corrected chi connectivity index (χ4v) is 3.56. The van der Waals surface area contributed by atoms with Crippen molar-refractivity contribution in [3.8, 4) is 0 Å². The maximum atomic E-state index is 12.1. The van der Waals surface area contributed by atoms with Crippen LogP contribution in [0.4, 0.5) is 5.13 Å². The van der Waals surface area contributed by atoms with Crippen LogP contribution < -0.4 is 5.73 Å². The van der Waals surface area contributed by atoms with Gasteiger partial charge in [-0.3, -0.25) is 4.98 Å². The number of nitrogens with two attached hydrogens (primary N) is 1. The summed E-state index contributed by atoms with van der Waals surface area (Å²) in [5.74, 6) is 0. The Kier molecular flexibility index (Phi) is 4.08. The van der Waals surface area contributed by atoms with Crippen LogP contribution in [0.25, 0.3) is 0 Å². The smallest absolute Gasteiger partial charge is 0.272 e. The zero-order chi connectivity index (χ0) is 13.9. The Morgan fingerprint density at radius 2 is 2.00 bits per heavy atom. The Morgan fingerprint density at radius 3 is 2.58 bits per heavy atom. The second-order valence-corrected chi connectivity index (χ2v) is 7.07. The number of anilines is 1. The maximum Gasteiger partial charge on any atom is 0.272 e. The van der Waals surface area contributed by atoms with Crippen molar-refractivity contribution in [1.82, 2.24) is 19.5 Å². The largest absolute Gasteiger partial charge is 0.374 e. The van der Waals surface area contributed by atoms with Gasteiger partial charge in [0.25, 0.3) is 10.0 Å². The molecule has 9 heteroatoms. The van der Waals surface area contributed by atoms with Gasteiger partial charge < -0.3 is 5.73 Å². The van der Waals surface area contributed by atoms with E-state index in [1.807, 2.05) is 12.1 Å². The van der Waals surface area contributed by atoms with Gasteiger partial charge in [0.2, 0.25) is 9.47 Å². The van der Waals surface area contributed by atoms with Crippen LogP contribution >= 0.6 is 11.3 Å². The third-order valence-electron chi connectivity index (χ3n) is 2.52. The number of sulfonamides is 1. The van der Waals surface area contributed by atoms with E-state index >= 15 is 0 Å². The maximum absolute atomic E-state index is 12.1. The van der Waals surface area contributed by atoms with E-state index < -0.39 is 10.0 Å². The van der Waals surface area contributed by atoms with Gasteiger partial charge in [0.15, 0.2) is 0 Å². The second-order valence-electron chi connectivity index (χ2n) is 3.84. The number of nitrogen functional groups attached to an aromatic ring is 1. The van der Waals surface area contributed by atoms with Crippen LogP contribution in [0.1, 0.15) is 5.56 Å². The van der Waals surface area contributed by atoms with E-state index in [1.165, 1.54) is 11.4 Å². The molecule has 0 aliphatic heterocycles. The van der Waals surface area contributed by atoms with Crippen molar-refractivity contribution in [3.63, 3.8) is 0 Å². The first-order chi connectivity index (χ1) is 9.00. The molecule has 19 heavy (non-hydrogen) atoms. The number of hydrogen-bond donors (Lipinski definition) is 1. The predicted octanol–water partition coefficient (Wildman–Crippen LogP) is 0.378. The molecule has 0 unspecified atom stereocenters. The Hall–Kier alpha value is -1.58. The van der Waals surface area contributed by atoms with E-state index in [0.29, 0.717) is 13.0 Å². The third kappa shape index (κ3) is 3.25. The second kappa shape index (κ2) is 5.59. The average molecular weight is 299 g/mol. The minimum absolute atomic E-state index is 0.0813. The van der Waals surface area contributed by atoms with Crippen molar-refractivity contribution >= 4 is 26.5 Å². The monoisotopic (exact) mass is 299 g/mol. The summed E-state index contributed by atoms with van der Waals surface area (Å²) in [6.07, 6.45) is 3.96. The summed E-state index contributed by atoms with van der Waals surface area (Å²) in [6, 6.07) is 3.70. The minimum atomic E-state index is -3.61. The first-order valence-electron chi connectivity index (χ1n) is 5.44. The molecule has 2 aromatic rings. The van der Waals surface area contributed by atoms with E-state index in [0.717, 1.165) is 16.9 Å². The molecule has 7 nitrogen and oxygen atoms in total. The van der Waals surface area contributed by atoms with Gasteiger partial charge in [-0.15, -0.1) is 10.2 Å². The highest BCUT2D eigenvalue weighted by Gasteiger charge is 2.24. The summed E-state index contributed by atoms with van der Waals surface area (Å²) >= 11 is 0.861. The molecule has 0 fully saturated rings. The summed E-state index contributed by atoms with van der Waals surface area (Å²) in [5.41, 5.74) is 6.42. The summed E-state index contributed by atoms with van der Waals surface area (Å²) in [7, 11) is -2.10. The number of pyridine rings is 1. The zero-order valence-electron chi connectivity index (χ0n) is 10.2. The van der Waals surface area contributed by atoms with E-state index in [2.05, 4.69) is 15.2 Å². The van der Waals surface area contributed by atoms with Crippen LogP contribution in [0.3, 0.4) is 0 Å². The van der Waals surface area contributed by atoms with Crippen LogP contribution in [-0.2, 0) is 16.4 Å². The van der Waals surface area contributed by atoms with Crippen molar-refractivity contribution < 1.29 is 8.42 Å². The molecule has 0 aromatic carbocycles. The highest BCUT2D eigenvalue weighted by molar-refractivity contribution is 7.91. The molecule has 0 atom stereocenters. The van der Waals surface area contributed by atoms with Gasteiger partial charge in [0.1, 0.15) is 0 Å². The topological polar surface area (TPSA) is 102 Å². The molecule has 0 aliphatic rings. The molecule has 0 amide bonds. The molecule has 0 saturated heterocycles. The van der Waals surface area contributed by atoms with Crippen molar-refractivity contribution in [2.45, 2.75) is 10.8 Å². The van der Waals surface area contributed by atoms with E-state index in [-0.39, 0.29) is 9.47 Å². The quantitative estimate of drug-likeness (QED) is 0.856. The van der Waals surface area contributed by atoms with Crippen LogP contribution in [0, 0.1) is 0 Å². The lowest BCUT2D eigenvalue weighted by Gasteiger charge is -2.14. The number of rotatable bonds is 5. The van der Waals surface area contributed by atoms with Gasteiger partial charge in [-0.1, -0.05) is 11.3 Å². The molecular weight excluding hydrogens is 286 g/mol. The highest BCUT2D eigenvalue weighted by Crippen LogP contribution is 2.20. The SMILES string of the molecule is CN(CCc1ccncc1)S(=O)(=O)c1nnc(N)s1. The van der Waals surface area contributed by atoms with Crippen molar-refractivity contribution in [2.75, 3.05) is 19.3 Å². The van der Waals surface area contributed by atoms with Crippen molar-refractivity contribution in [2.24, 2.45) is 0 Å².